The van der Waals surface area contributed by atoms with E-state index in [1.54, 1.807) is 6.92 Å². The molecule has 0 bridgehead atoms. The molecule has 5 aromatic rings. The number of esters is 1. The van der Waals surface area contributed by atoms with Crippen molar-refractivity contribution in [2.24, 2.45) is 10.7 Å². The zero-order valence-corrected chi connectivity index (χ0v) is 26.2. The fraction of sp³-hybridized carbons (Fsp3) is 0.182. The van der Waals surface area contributed by atoms with E-state index in [-0.39, 0.29) is 11.7 Å². The number of H-pyrrole nitrogens is 1. The van der Waals surface area contributed by atoms with Crippen LogP contribution in [0, 0.1) is 0 Å². The summed E-state index contributed by atoms with van der Waals surface area (Å²) in [5.74, 6) is 1.09. The highest BCUT2D eigenvalue weighted by Gasteiger charge is 2.25. The van der Waals surface area contributed by atoms with Gasteiger partial charge in [-0.1, -0.05) is 60.7 Å². The van der Waals surface area contributed by atoms with Gasteiger partial charge in [-0.2, -0.15) is 0 Å². The molecule has 12 heteroatoms. The van der Waals surface area contributed by atoms with Gasteiger partial charge in [-0.15, -0.1) is 25.3 Å². The molecule has 0 amide bonds. The molecule has 1 aliphatic rings. The Labute approximate surface area is 270 Å². The number of carbonyl (C=O) groups is 2. The van der Waals surface area contributed by atoms with Crippen molar-refractivity contribution in [3.63, 3.8) is 0 Å². The average molecular weight is 645 g/mol. The Morgan fingerprint density at radius 2 is 1.64 bits per heavy atom. The number of ether oxygens (including phenoxy) is 1. The Bertz CT molecular complexity index is 1870. The van der Waals surface area contributed by atoms with E-state index in [1.807, 2.05) is 72.8 Å². The van der Waals surface area contributed by atoms with Crippen LogP contribution in [0.2, 0.25) is 0 Å². The maximum atomic E-state index is 11.3. The van der Waals surface area contributed by atoms with Crippen LogP contribution in [-0.4, -0.2) is 41.0 Å². The molecule has 0 fully saturated rings. The van der Waals surface area contributed by atoms with E-state index in [0.717, 1.165) is 28.0 Å². The molecule has 0 atom stereocenters. The van der Waals surface area contributed by atoms with Gasteiger partial charge >= 0.3 is 11.9 Å². The third-order valence-electron chi connectivity index (χ3n) is 6.87. The van der Waals surface area contributed by atoms with Gasteiger partial charge in [0.05, 0.1) is 27.6 Å². The second-order valence-corrected chi connectivity index (χ2v) is 10.9. The van der Waals surface area contributed by atoms with E-state index in [1.165, 1.54) is 0 Å². The summed E-state index contributed by atoms with van der Waals surface area (Å²) in [4.78, 5) is 30.8. The van der Waals surface area contributed by atoms with E-state index in [4.69, 9.17) is 24.4 Å². The van der Waals surface area contributed by atoms with Crippen molar-refractivity contribution >= 4 is 59.0 Å². The molecule has 4 heterocycles. The maximum Gasteiger partial charge on any atom is 0.353 e. The van der Waals surface area contributed by atoms with Gasteiger partial charge in [0.1, 0.15) is 28.8 Å². The number of carbonyl (C=O) groups excluding carboxylic acids is 1. The minimum Gasteiger partial charge on any atom is -0.477 e. The van der Waals surface area contributed by atoms with Crippen LogP contribution in [0.4, 0.5) is 0 Å². The molecular weight excluding hydrogens is 613 g/mol. The van der Waals surface area contributed by atoms with Crippen LogP contribution >= 0.6 is 25.3 Å². The molecule has 3 aromatic heterocycles. The summed E-state index contributed by atoms with van der Waals surface area (Å²) < 4.78 is 16.5. The van der Waals surface area contributed by atoms with E-state index in [9.17, 15) is 9.59 Å². The Kier molecular flexibility index (Phi) is 10.1. The van der Waals surface area contributed by atoms with Gasteiger partial charge in [0.2, 0.25) is 0 Å². The number of fused-ring (bicyclic) bond motifs is 2. The average Bonchev–Trinajstić information content (AvgIpc) is 3.75. The number of nitrogens with one attached hydrogen (secondary N) is 2. The Morgan fingerprint density at radius 3 is 2.24 bits per heavy atom. The fourth-order valence-corrected chi connectivity index (χ4v) is 5.40. The Balaban J connectivity index is 0.000000186. The number of hydrogen-bond acceptors (Lipinski definition) is 9. The molecule has 0 spiro atoms. The first-order chi connectivity index (χ1) is 21.8. The summed E-state index contributed by atoms with van der Waals surface area (Å²) in [6, 6.07) is 23.3. The van der Waals surface area contributed by atoms with E-state index >= 15 is 0 Å². The summed E-state index contributed by atoms with van der Waals surface area (Å²) in [6.45, 7) is 3.04. The molecule has 0 unspecified atom stereocenters. The van der Waals surface area contributed by atoms with Gasteiger partial charge in [-0.25, -0.2) is 4.79 Å². The van der Waals surface area contributed by atoms with Crippen LogP contribution in [0.15, 0.2) is 97.2 Å². The van der Waals surface area contributed by atoms with Crippen LogP contribution in [0.25, 0.3) is 38.7 Å². The quantitative estimate of drug-likeness (QED) is 0.0349. The lowest BCUT2D eigenvalue weighted by molar-refractivity contribution is -0.143. The van der Waals surface area contributed by atoms with Crippen LogP contribution < -0.4 is 11.1 Å². The smallest absolute Gasteiger partial charge is 0.353 e. The number of nitrogens with zero attached hydrogens (tertiary/aromatic N) is 1. The summed E-state index contributed by atoms with van der Waals surface area (Å²) in [6.07, 6.45) is 0.905. The summed E-state index contributed by atoms with van der Waals surface area (Å²) in [5.41, 5.74) is 11.1. The highest BCUT2D eigenvalue weighted by atomic mass is 32.1. The van der Waals surface area contributed by atoms with Gasteiger partial charge in [0.15, 0.2) is 5.58 Å². The molecule has 10 nitrogen and oxygen atoms in total. The summed E-state index contributed by atoms with van der Waals surface area (Å²) in [5, 5.41) is 11.9. The second-order valence-electron chi connectivity index (χ2n) is 9.96. The summed E-state index contributed by atoms with van der Waals surface area (Å²) >= 11 is 8.77. The third-order valence-corrected chi connectivity index (χ3v) is 7.73. The first-order valence-electron chi connectivity index (χ1n) is 14.2. The van der Waals surface area contributed by atoms with Gasteiger partial charge in [0, 0.05) is 42.3 Å². The van der Waals surface area contributed by atoms with Crippen molar-refractivity contribution in [1.29, 1.82) is 0 Å². The largest absolute Gasteiger partial charge is 0.477 e. The SMILES string of the molecule is CCOC(=O)CCCN=C(N)c1[nH]c2cc(-c3ccccc3)oc2c1S.O=C(O)C1=C(S)c2oc(-c3ccccc3)cc2CN1. The van der Waals surface area contributed by atoms with Crippen LogP contribution in [-0.2, 0) is 20.9 Å². The van der Waals surface area contributed by atoms with Crippen molar-refractivity contribution in [3.05, 3.63) is 95.5 Å². The van der Waals surface area contributed by atoms with Crippen molar-refractivity contribution in [1.82, 2.24) is 10.3 Å². The predicted octanol–water partition coefficient (Wildman–Crippen LogP) is 6.50. The minimum absolute atomic E-state index is 0.0739. The number of thiol groups is 2. The van der Waals surface area contributed by atoms with E-state index in [0.29, 0.717) is 71.0 Å². The Hall–Kier alpha value is -4.81. The lowest BCUT2D eigenvalue weighted by atomic mass is 10.1. The van der Waals surface area contributed by atoms with Crippen LogP contribution in [0.1, 0.15) is 36.8 Å². The van der Waals surface area contributed by atoms with Gasteiger partial charge in [-0.05, 0) is 19.4 Å². The number of furan rings is 2. The molecular formula is C33H32N4O6S2. The Morgan fingerprint density at radius 1 is 1.00 bits per heavy atom. The fourth-order valence-electron chi connectivity index (χ4n) is 4.70. The number of hydrogen-bond donors (Lipinski definition) is 6. The van der Waals surface area contributed by atoms with Crippen LogP contribution in [0.3, 0.4) is 0 Å². The number of amidine groups is 1. The molecule has 5 N–H and O–H groups in total. The predicted molar refractivity (Wildman–Crippen MR) is 179 cm³/mol. The molecule has 0 radical (unpaired) electrons. The molecule has 0 saturated heterocycles. The second kappa shape index (κ2) is 14.3. The van der Waals surface area contributed by atoms with Crippen molar-refractivity contribution < 1.29 is 28.3 Å². The first kappa shape index (κ1) is 31.6. The summed E-state index contributed by atoms with van der Waals surface area (Å²) in [7, 11) is 0. The van der Waals surface area contributed by atoms with Crippen molar-refractivity contribution in [2.75, 3.05) is 13.2 Å². The van der Waals surface area contributed by atoms with E-state index < -0.39 is 5.97 Å². The molecule has 45 heavy (non-hydrogen) atoms. The highest BCUT2D eigenvalue weighted by molar-refractivity contribution is 7.90. The van der Waals surface area contributed by atoms with E-state index in [2.05, 4.69) is 40.6 Å². The molecule has 1 aliphatic heterocycles. The number of nitrogens with two attached hydrogens (primary N) is 1. The normalized spacial score (nSPS) is 12.7. The number of aromatic nitrogens is 1. The lowest BCUT2D eigenvalue weighted by Gasteiger charge is -2.15. The highest BCUT2D eigenvalue weighted by Crippen LogP contribution is 2.36. The molecule has 0 saturated carbocycles. The molecule has 2 aromatic carbocycles. The standard InChI is InChI=1S/C19H21N3O3S.C14H11NO3S/c1-2-24-15(23)9-6-10-21-19(20)16-18(26)17-13(22-16)11-14(25-17)12-7-4-3-5-8-12;16-14(17)11-13(19)12-9(7-15-11)6-10(18-12)8-4-2-1-3-5-8/h3-5,7-8,11,22,26H,2,6,9-10H2,1H3,(H2,20,21);1-6,15,19H,7H2,(H,16,17). The number of benzene rings is 2. The maximum absolute atomic E-state index is 11.3. The zero-order valence-electron chi connectivity index (χ0n) is 24.4. The third kappa shape index (κ3) is 7.30. The van der Waals surface area contributed by atoms with Gasteiger partial charge < -0.3 is 34.7 Å². The molecule has 6 rings (SSSR count). The number of aliphatic imine (C=N–C) groups is 1. The number of carboxylic acid groups (broad SMARTS) is 1. The van der Waals surface area contributed by atoms with Crippen molar-refractivity contribution in [2.45, 2.75) is 31.2 Å². The number of aromatic amines is 1. The number of carboxylic acids is 1. The molecule has 0 aliphatic carbocycles. The number of rotatable bonds is 9. The first-order valence-corrected chi connectivity index (χ1v) is 15.1. The minimum atomic E-state index is -1.03. The number of aliphatic carboxylic acids is 1. The molecule has 232 valence electrons. The zero-order chi connectivity index (χ0) is 31.9. The van der Waals surface area contributed by atoms with Gasteiger partial charge in [0.25, 0.3) is 0 Å². The topological polar surface area (TPSA) is 156 Å². The van der Waals surface area contributed by atoms with Gasteiger partial charge in [-0.3, -0.25) is 9.79 Å². The van der Waals surface area contributed by atoms with Crippen molar-refractivity contribution in [3.8, 4) is 22.6 Å². The monoisotopic (exact) mass is 644 g/mol. The van der Waals surface area contributed by atoms with Crippen LogP contribution in [0.5, 0.6) is 0 Å². The lowest BCUT2D eigenvalue weighted by Crippen LogP contribution is -2.24.